The highest BCUT2D eigenvalue weighted by Crippen LogP contribution is 2.24. The fraction of sp³-hybridized carbons (Fsp3) is 0.308. The van der Waals surface area contributed by atoms with Crippen LogP contribution in [0.4, 0.5) is 0 Å². The van der Waals surface area contributed by atoms with E-state index < -0.39 is 0 Å². The van der Waals surface area contributed by atoms with Crippen LogP contribution in [0, 0.1) is 3.57 Å². The number of amidine groups is 1. The minimum absolute atomic E-state index is 0.0615. The lowest BCUT2D eigenvalue weighted by Crippen LogP contribution is -2.20. The standard InChI is InChI=1S/C13H14IN5O/c14-9-6-16-19(7-9)13-10(12(15)18-20)5-8-3-1-2-4-11(8)17-13/h5-7,20H,1-4H2,(H2,15,18). The maximum absolute atomic E-state index is 8.97. The summed E-state index contributed by atoms with van der Waals surface area (Å²) < 4.78 is 2.68. The molecule has 2 heterocycles. The van der Waals surface area contributed by atoms with Crippen molar-refractivity contribution in [3.63, 3.8) is 0 Å². The van der Waals surface area contributed by atoms with Crippen molar-refractivity contribution in [1.29, 1.82) is 0 Å². The molecule has 0 saturated carbocycles. The molecule has 0 aromatic carbocycles. The second-order valence-electron chi connectivity index (χ2n) is 4.76. The molecule has 0 unspecified atom stereocenters. The van der Waals surface area contributed by atoms with Crippen LogP contribution in [0.25, 0.3) is 5.82 Å². The van der Waals surface area contributed by atoms with Gasteiger partial charge in [0.05, 0.1) is 15.3 Å². The molecule has 0 aliphatic heterocycles. The average Bonchev–Trinajstić information content (AvgIpc) is 2.91. The molecular weight excluding hydrogens is 369 g/mol. The number of nitrogens with two attached hydrogens (primary N) is 1. The number of hydrogen-bond donors (Lipinski definition) is 2. The normalized spacial score (nSPS) is 15.2. The van der Waals surface area contributed by atoms with E-state index in [1.165, 1.54) is 5.56 Å². The molecule has 104 valence electrons. The Hall–Kier alpha value is -1.64. The fourth-order valence-corrected chi connectivity index (χ4v) is 2.84. The molecule has 0 saturated heterocycles. The van der Waals surface area contributed by atoms with Crippen molar-refractivity contribution in [2.75, 3.05) is 0 Å². The Morgan fingerprint density at radius 3 is 2.90 bits per heavy atom. The number of pyridine rings is 1. The van der Waals surface area contributed by atoms with Gasteiger partial charge >= 0.3 is 0 Å². The zero-order valence-electron chi connectivity index (χ0n) is 10.8. The summed E-state index contributed by atoms with van der Waals surface area (Å²) in [6.45, 7) is 0. The highest BCUT2D eigenvalue weighted by molar-refractivity contribution is 14.1. The van der Waals surface area contributed by atoms with E-state index in [0.29, 0.717) is 11.4 Å². The number of hydrogen-bond acceptors (Lipinski definition) is 4. The molecule has 0 atom stereocenters. The highest BCUT2D eigenvalue weighted by atomic mass is 127. The molecule has 0 amide bonds. The number of oxime groups is 1. The molecular formula is C13H14IN5O. The summed E-state index contributed by atoms with van der Waals surface area (Å²) in [7, 11) is 0. The summed E-state index contributed by atoms with van der Waals surface area (Å²) in [5.41, 5.74) is 8.68. The van der Waals surface area contributed by atoms with Gasteiger partial charge in [-0.15, -0.1) is 0 Å². The first-order valence-corrected chi connectivity index (χ1v) is 7.48. The third kappa shape index (κ3) is 2.37. The minimum Gasteiger partial charge on any atom is -0.409 e. The van der Waals surface area contributed by atoms with Gasteiger partial charge in [0, 0.05) is 11.9 Å². The van der Waals surface area contributed by atoms with Crippen molar-refractivity contribution in [3.8, 4) is 5.82 Å². The molecule has 0 radical (unpaired) electrons. The minimum atomic E-state index is 0.0615. The van der Waals surface area contributed by atoms with Crippen LogP contribution in [0.15, 0.2) is 23.6 Å². The maximum Gasteiger partial charge on any atom is 0.173 e. The van der Waals surface area contributed by atoms with Crippen molar-refractivity contribution in [2.24, 2.45) is 10.9 Å². The maximum atomic E-state index is 8.97. The second-order valence-corrected chi connectivity index (χ2v) is 6.01. The van der Waals surface area contributed by atoms with Crippen LogP contribution in [0.1, 0.15) is 29.7 Å². The van der Waals surface area contributed by atoms with E-state index in [9.17, 15) is 0 Å². The Morgan fingerprint density at radius 2 is 2.20 bits per heavy atom. The lowest BCUT2D eigenvalue weighted by atomic mass is 9.94. The summed E-state index contributed by atoms with van der Waals surface area (Å²) in [5, 5.41) is 16.4. The van der Waals surface area contributed by atoms with E-state index in [4.69, 9.17) is 15.9 Å². The third-order valence-electron chi connectivity index (χ3n) is 3.43. The second kappa shape index (κ2) is 5.39. The molecule has 2 aromatic heterocycles. The van der Waals surface area contributed by atoms with Gasteiger partial charge in [-0.25, -0.2) is 9.67 Å². The van der Waals surface area contributed by atoms with Gasteiger partial charge in [-0.2, -0.15) is 5.10 Å². The molecule has 0 bridgehead atoms. The molecule has 2 aromatic rings. The molecule has 7 heteroatoms. The van der Waals surface area contributed by atoms with Crippen LogP contribution < -0.4 is 5.73 Å². The summed E-state index contributed by atoms with van der Waals surface area (Å²) in [6.07, 6.45) is 7.88. The monoisotopic (exact) mass is 383 g/mol. The number of aryl methyl sites for hydroxylation is 2. The molecule has 3 rings (SSSR count). The first-order valence-electron chi connectivity index (χ1n) is 6.40. The van der Waals surface area contributed by atoms with Crippen LogP contribution in [0.2, 0.25) is 0 Å². The predicted molar refractivity (Wildman–Crippen MR) is 83.2 cm³/mol. The lowest BCUT2D eigenvalue weighted by Gasteiger charge is -2.18. The Morgan fingerprint density at radius 1 is 1.40 bits per heavy atom. The number of nitrogens with zero attached hydrogens (tertiary/aromatic N) is 4. The lowest BCUT2D eigenvalue weighted by molar-refractivity contribution is 0.318. The van der Waals surface area contributed by atoms with Crippen LogP contribution >= 0.6 is 22.6 Å². The van der Waals surface area contributed by atoms with Gasteiger partial charge in [0.15, 0.2) is 11.7 Å². The van der Waals surface area contributed by atoms with Gasteiger partial charge in [0.1, 0.15) is 0 Å². The molecule has 0 fully saturated rings. The summed E-state index contributed by atoms with van der Waals surface area (Å²) in [4.78, 5) is 4.69. The number of aromatic nitrogens is 3. The van der Waals surface area contributed by atoms with E-state index in [-0.39, 0.29) is 5.84 Å². The van der Waals surface area contributed by atoms with Crippen LogP contribution in [-0.4, -0.2) is 25.8 Å². The Kier molecular flexibility index (Phi) is 3.60. The van der Waals surface area contributed by atoms with Gasteiger partial charge in [-0.3, -0.25) is 0 Å². The fourth-order valence-electron chi connectivity index (χ4n) is 2.46. The van der Waals surface area contributed by atoms with E-state index in [2.05, 4.69) is 32.8 Å². The van der Waals surface area contributed by atoms with Gasteiger partial charge in [-0.1, -0.05) is 5.16 Å². The largest absolute Gasteiger partial charge is 0.409 e. The quantitative estimate of drug-likeness (QED) is 0.272. The Labute approximate surface area is 129 Å². The van der Waals surface area contributed by atoms with Crippen LogP contribution in [0.5, 0.6) is 0 Å². The zero-order chi connectivity index (χ0) is 14.1. The number of halogens is 1. The van der Waals surface area contributed by atoms with Gasteiger partial charge in [0.25, 0.3) is 0 Å². The summed E-state index contributed by atoms with van der Waals surface area (Å²) in [5.74, 6) is 0.676. The van der Waals surface area contributed by atoms with Crippen LogP contribution in [-0.2, 0) is 12.8 Å². The topological polar surface area (TPSA) is 89.3 Å². The first-order chi connectivity index (χ1) is 9.69. The van der Waals surface area contributed by atoms with Crippen molar-refractivity contribution < 1.29 is 5.21 Å². The van der Waals surface area contributed by atoms with E-state index in [1.54, 1.807) is 10.9 Å². The van der Waals surface area contributed by atoms with Gasteiger partial charge in [0.2, 0.25) is 0 Å². The Bertz CT molecular complexity index is 679. The zero-order valence-corrected chi connectivity index (χ0v) is 12.9. The molecule has 20 heavy (non-hydrogen) atoms. The molecule has 1 aliphatic rings. The smallest absolute Gasteiger partial charge is 0.173 e. The Balaban J connectivity index is 2.20. The molecule has 1 aliphatic carbocycles. The van der Waals surface area contributed by atoms with E-state index >= 15 is 0 Å². The van der Waals surface area contributed by atoms with E-state index in [1.807, 2.05) is 12.3 Å². The summed E-state index contributed by atoms with van der Waals surface area (Å²) in [6, 6.07) is 1.97. The molecule has 6 nitrogen and oxygen atoms in total. The number of rotatable bonds is 2. The predicted octanol–water partition coefficient (Wildman–Crippen LogP) is 1.85. The van der Waals surface area contributed by atoms with E-state index in [0.717, 1.165) is 34.9 Å². The SMILES string of the molecule is NC(=NO)c1cc2c(nc1-n1cc(I)cn1)CCCC2. The average molecular weight is 383 g/mol. The number of fused-ring (bicyclic) bond motifs is 1. The highest BCUT2D eigenvalue weighted by Gasteiger charge is 2.18. The third-order valence-corrected chi connectivity index (χ3v) is 3.99. The molecule has 3 N–H and O–H groups in total. The van der Waals surface area contributed by atoms with Gasteiger partial charge < -0.3 is 10.9 Å². The van der Waals surface area contributed by atoms with Crippen molar-refractivity contribution in [2.45, 2.75) is 25.7 Å². The van der Waals surface area contributed by atoms with Crippen molar-refractivity contribution in [1.82, 2.24) is 14.8 Å². The first kappa shape index (κ1) is 13.3. The van der Waals surface area contributed by atoms with Crippen molar-refractivity contribution >= 4 is 28.4 Å². The summed E-state index contributed by atoms with van der Waals surface area (Å²) >= 11 is 2.19. The van der Waals surface area contributed by atoms with Crippen LogP contribution in [0.3, 0.4) is 0 Å². The molecule has 0 spiro atoms. The van der Waals surface area contributed by atoms with Crippen molar-refractivity contribution in [3.05, 3.63) is 38.9 Å². The van der Waals surface area contributed by atoms with Gasteiger partial charge in [-0.05, 0) is 59.9 Å².